The molecule has 0 bridgehead atoms. The third-order valence-corrected chi connectivity index (χ3v) is 1.74. The fraction of sp³-hybridized carbons (Fsp3) is 0.571. The quantitative estimate of drug-likeness (QED) is 0.297. The lowest BCUT2D eigenvalue weighted by atomic mass is 10.1. The van der Waals surface area contributed by atoms with Gasteiger partial charge in [-0.1, -0.05) is 0 Å². The first-order valence-electron chi connectivity index (χ1n) is 3.31. The molecule has 0 amide bonds. The van der Waals surface area contributed by atoms with E-state index in [1.54, 1.807) is 0 Å². The Kier molecular flexibility index (Phi) is 2.03. The van der Waals surface area contributed by atoms with Crippen LogP contribution in [0.4, 0.5) is 0 Å². The zero-order valence-electron chi connectivity index (χ0n) is 6.12. The van der Waals surface area contributed by atoms with E-state index in [-0.39, 0.29) is 6.42 Å². The first-order valence-corrected chi connectivity index (χ1v) is 3.31. The Hall–Kier alpha value is -1.19. The highest BCUT2D eigenvalue weighted by Gasteiger charge is 2.38. The van der Waals surface area contributed by atoms with Crippen molar-refractivity contribution in [2.45, 2.75) is 12.8 Å². The second-order valence-corrected chi connectivity index (χ2v) is 2.40. The fourth-order valence-electron chi connectivity index (χ4n) is 1.09. The van der Waals surface area contributed by atoms with Gasteiger partial charge in [0.25, 0.3) is 0 Å². The first-order chi connectivity index (χ1) is 5.16. The molecule has 0 aromatic carbocycles. The van der Waals surface area contributed by atoms with Crippen LogP contribution in [0.15, 0.2) is 0 Å². The molecule has 1 fully saturated rings. The van der Waals surface area contributed by atoms with Crippen molar-refractivity contribution in [1.29, 1.82) is 0 Å². The predicted molar refractivity (Wildman–Crippen MR) is 34.8 cm³/mol. The number of hydrogen-bond acceptors (Lipinski definition) is 4. The molecule has 1 aliphatic carbocycles. The molecule has 1 saturated carbocycles. The monoisotopic (exact) mass is 156 g/mol. The standard InChI is InChI=1S/C7H8O4/c1-11-7(10)4-2-3-5(8)6(4)9/h4H,2-3H2,1H3. The maximum Gasteiger partial charge on any atom is 0.316 e. The van der Waals surface area contributed by atoms with E-state index < -0.39 is 23.5 Å². The molecule has 0 aromatic rings. The number of Topliss-reactive ketones (excluding diaryl/α,β-unsaturated/α-hetero) is 2. The van der Waals surface area contributed by atoms with E-state index in [0.29, 0.717) is 6.42 Å². The SMILES string of the molecule is COC(=O)C1CCC(=O)C1=O. The number of hydrogen-bond donors (Lipinski definition) is 0. The lowest BCUT2D eigenvalue weighted by molar-refractivity contribution is -0.150. The summed E-state index contributed by atoms with van der Waals surface area (Å²) in [5, 5.41) is 0. The highest BCUT2D eigenvalue weighted by Crippen LogP contribution is 2.19. The molecule has 1 atom stereocenters. The number of esters is 1. The Labute approximate surface area is 63.5 Å². The summed E-state index contributed by atoms with van der Waals surface area (Å²) in [6.45, 7) is 0. The number of methoxy groups -OCH3 is 1. The van der Waals surface area contributed by atoms with Gasteiger partial charge in [-0.05, 0) is 6.42 Å². The summed E-state index contributed by atoms with van der Waals surface area (Å²) in [5.74, 6) is -2.48. The second-order valence-electron chi connectivity index (χ2n) is 2.40. The van der Waals surface area contributed by atoms with Crippen LogP contribution in [0, 0.1) is 5.92 Å². The van der Waals surface area contributed by atoms with E-state index >= 15 is 0 Å². The van der Waals surface area contributed by atoms with E-state index in [1.165, 1.54) is 7.11 Å². The van der Waals surface area contributed by atoms with E-state index in [2.05, 4.69) is 4.74 Å². The van der Waals surface area contributed by atoms with E-state index in [4.69, 9.17) is 0 Å². The predicted octanol–water partition coefficient (Wildman–Crippen LogP) is -0.292. The molecular formula is C7H8O4. The number of carbonyl (C=O) groups is 3. The van der Waals surface area contributed by atoms with E-state index in [9.17, 15) is 14.4 Å². The highest BCUT2D eigenvalue weighted by molar-refractivity contribution is 6.43. The van der Waals surface area contributed by atoms with Crippen molar-refractivity contribution < 1.29 is 19.1 Å². The Balaban J connectivity index is 2.69. The third-order valence-electron chi connectivity index (χ3n) is 1.74. The Morgan fingerprint density at radius 1 is 1.55 bits per heavy atom. The van der Waals surface area contributed by atoms with Gasteiger partial charge >= 0.3 is 5.97 Å². The van der Waals surface area contributed by atoms with Gasteiger partial charge in [0.15, 0.2) is 5.78 Å². The fourth-order valence-corrected chi connectivity index (χ4v) is 1.09. The number of ketones is 2. The van der Waals surface area contributed by atoms with Gasteiger partial charge in [-0.2, -0.15) is 0 Å². The average Bonchev–Trinajstić information content (AvgIpc) is 2.32. The van der Waals surface area contributed by atoms with Crippen molar-refractivity contribution in [2.75, 3.05) is 7.11 Å². The van der Waals surface area contributed by atoms with Crippen LogP contribution >= 0.6 is 0 Å². The van der Waals surface area contributed by atoms with Crippen LogP contribution in [-0.4, -0.2) is 24.6 Å². The summed E-state index contributed by atoms with van der Waals surface area (Å²) in [6, 6.07) is 0. The molecule has 0 aromatic heterocycles. The van der Waals surface area contributed by atoms with E-state index in [0.717, 1.165) is 0 Å². The molecule has 1 aliphatic rings. The molecule has 60 valence electrons. The summed E-state index contributed by atoms with van der Waals surface area (Å²) in [5.41, 5.74) is 0. The minimum Gasteiger partial charge on any atom is -0.468 e. The molecular weight excluding hydrogens is 148 g/mol. The highest BCUT2D eigenvalue weighted by atomic mass is 16.5. The van der Waals surface area contributed by atoms with Gasteiger partial charge in [0.2, 0.25) is 5.78 Å². The molecule has 4 heteroatoms. The molecule has 1 unspecified atom stereocenters. The van der Waals surface area contributed by atoms with Crippen LogP contribution in [0.5, 0.6) is 0 Å². The molecule has 0 N–H and O–H groups in total. The maximum absolute atomic E-state index is 10.9. The van der Waals surface area contributed by atoms with Crippen LogP contribution < -0.4 is 0 Å². The van der Waals surface area contributed by atoms with Gasteiger partial charge < -0.3 is 4.74 Å². The van der Waals surface area contributed by atoms with Crippen LogP contribution in [0.1, 0.15) is 12.8 Å². The van der Waals surface area contributed by atoms with Gasteiger partial charge in [-0.15, -0.1) is 0 Å². The van der Waals surface area contributed by atoms with Crippen molar-refractivity contribution in [3.05, 3.63) is 0 Å². The topological polar surface area (TPSA) is 60.4 Å². The lowest BCUT2D eigenvalue weighted by Crippen LogP contribution is -2.23. The summed E-state index contributed by atoms with van der Waals surface area (Å²) >= 11 is 0. The number of carbonyl (C=O) groups excluding carboxylic acids is 3. The summed E-state index contributed by atoms with van der Waals surface area (Å²) in [6.07, 6.45) is 0.489. The van der Waals surface area contributed by atoms with Crippen molar-refractivity contribution in [1.82, 2.24) is 0 Å². The van der Waals surface area contributed by atoms with Gasteiger partial charge in [-0.25, -0.2) is 0 Å². The largest absolute Gasteiger partial charge is 0.468 e. The maximum atomic E-state index is 10.9. The van der Waals surface area contributed by atoms with Gasteiger partial charge in [-0.3, -0.25) is 14.4 Å². The van der Waals surface area contributed by atoms with Gasteiger partial charge in [0, 0.05) is 6.42 Å². The Morgan fingerprint density at radius 3 is 2.55 bits per heavy atom. The average molecular weight is 156 g/mol. The molecule has 11 heavy (non-hydrogen) atoms. The molecule has 0 heterocycles. The Morgan fingerprint density at radius 2 is 2.18 bits per heavy atom. The minimum atomic E-state index is -0.826. The van der Waals surface area contributed by atoms with Crippen molar-refractivity contribution in [3.8, 4) is 0 Å². The summed E-state index contributed by atoms with van der Waals surface area (Å²) < 4.78 is 4.34. The first kappa shape index (κ1) is 7.91. The zero-order valence-corrected chi connectivity index (χ0v) is 6.12. The van der Waals surface area contributed by atoms with Crippen LogP contribution in [0.3, 0.4) is 0 Å². The molecule has 0 aliphatic heterocycles. The van der Waals surface area contributed by atoms with Crippen molar-refractivity contribution in [2.24, 2.45) is 5.92 Å². The third kappa shape index (κ3) is 1.29. The molecule has 0 saturated heterocycles. The lowest BCUT2D eigenvalue weighted by Gasteiger charge is -2.01. The molecule has 1 rings (SSSR count). The van der Waals surface area contributed by atoms with Crippen LogP contribution in [0.25, 0.3) is 0 Å². The molecule has 0 spiro atoms. The summed E-state index contributed by atoms with van der Waals surface area (Å²) in [7, 11) is 1.21. The van der Waals surface area contributed by atoms with Gasteiger partial charge in [0.05, 0.1) is 7.11 Å². The molecule has 4 nitrogen and oxygen atoms in total. The van der Waals surface area contributed by atoms with Crippen molar-refractivity contribution >= 4 is 17.5 Å². The smallest absolute Gasteiger partial charge is 0.316 e. The minimum absolute atomic E-state index is 0.179. The van der Waals surface area contributed by atoms with Crippen LogP contribution in [-0.2, 0) is 19.1 Å². The normalized spacial score (nSPS) is 23.9. The van der Waals surface area contributed by atoms with E-state index in [1.807, 2.05) is 0 Å². The Bertz CT molecular complexity index is 218. The van der Waals surface area contributed by atoms with Gasteiger partial charge in [0.1, 0.15) is 5.92 Å². The number of ether oxygens (including phenoxy) is 1. The van der Waals surface area contributed by atoms with Crippen molar-refractivity contribution in [3.63, 3.8) is 0 Å². The summed E-state index contributed by atoms with van der Waals surface area (Å²) in [4.78, 5) is 32.3. The zero-order chi connectivity index (χ0) is 8.43. The van der Waals surface area contributed by atoms with Crippen LogP contribution in [0.2, 0.25) is 0 Å². The number of rotatable bonds is 1. The molecule has 0 radical (unpaired) electrons. The second kappa shape index (κ2) is 2.82.